The number of esters is 1. The minimum Gasteiger partial charge on any atom is -0.462 e. The Balaban J connectivity index is 1.93. The van der Waals surface area contributed by atoms with Crippen LogP contribution in [-0.4, -0.2) is 18.5 Å². The molecule has 2 aromatic rings. The summed E-state index contributed by atoms with van der Waals surface area (Å²) in [6, 6.07) is 8.58. The highest BCUT2D eigenvalue weighted by Crippen LogP contribution is 2.12. The average Bonchev–Trinajstić information content (AvgIpc) is 2.92. The molecule has 104 valence electrons. The van der Waals surface area contributed by atoms with E-state index in [0.29, 0.717) is 24.3 Å². The fraction of sp³-hybridized carbons (Fsp3) is 0.200. The summed E-state index contributed by atoms with van der Waals surface area (Å²) in [5.74, 6) is -0.434. The molecule has 5 heteroatoms. The number of thiophene rings is 1. The standard InChI is InChI=1S/C15H15NO3S/c1-2-19-15(18)12-3-5-13(6-4-12)16-14(17)9-11-7-8-20-10-11/h3-8,10H,2,9H2,1H3,(H,16,17). The lowest BCUT2D eigenvalue weighted by Gasteiger charge is -2.06. The van der Waals surface area contributed by atoms with E-state index in [1.54, 1.807) is 42.5 Å². The van der Waals surface area contributed by atoms with Crippen molar-refractivity contribution in [1.82, 2.24) is 0 Å². The minimum absolute atomic E-state index is 0.0766. The number of rotatable bonds is 5. The fourth-order valence-electron chi connectivity index (χ4n) is 1.69. The van der Waals surface area contributed by atoms with Crippen LogP contribution in [0.3, 0.4) is 0 Å². The zero-order chi connectivity index (χ0) is 14.4. The smallest absolute Gasteiger partial charge is 0.338 e. The number of carbonyl (C=O) groups excluding carboxylic acids is 2. The highest BCUT2D eigenvalue weighted by Gasteiger charge is 2.07. The van der Waals surface area contributed by atoms with Crippen molar-refractivity contribution >= 4 is 28.9 Å². The van der Waals surface area contributed by atoms with Crippen LogP contribution in [0.25, 0.3) is 0 Å². The second-order valence-corrected chi connectivity index (χ2v) is 4.93. The third kappa shape index (κ3) is 3.93. The van der Waals surface area contributed by atoms with Gasteiger partial charge in [-0.05, 0) is 53.6 Å². The summed E-state index contributed by atoms with van der Waals surface area (Å²) < 4.78 is 4.89. The Labute approximate surface area is 121 Å². The number of hydrogen-bond donors (Lipinski definition) is 1. The molecule has 0 unspecified atom stereocenters. The van der Waals surface area contributed by atoms with Crippen LogP contribution in [-0.2, 0) is 16.0 Å². The monoisotopic (exact) mass is 289 g/mol. The molecule has 1 aromatic heterocycles. The maximum Gasteiger partial charge on any atom is 0.338 e. The number of nitrogens with one attached hydrogen (secondary N) is 1. The molecule has 0 atom stereocenters. The molecule has 0 aliphatic carbocycles. The van der Waals surface area contributed by atoms with Crippen molar-refractivity contribution in [3.8, 4) is 0 Å². The average molecular weight is 289 g/mol. The van der Waals surface area contributed by atoms with Crippen LogP contribution >= 0.6 is 11.3 Å². The summed E-state index contributed by atoms with van der Waals surface area (Å²) in [5.41, 5.74) is 2.14. The SMILES string of the molecule is CCOC(=O)c1ccc(NC(=O)Cc2ccsc2)cc1. The first-order valence-corrected chi connectivity index (χ1v) is 7.21. The summed E-state index contributed by atoms with van der Waals surface area (Å²) in [4.78, 5) is 23.3. The van der Waals surface area contributed by atoms with E-state index in [1.807, 2.05) is 16.8 Å². The lowest BCUT2D eigenvalue weighted by molar-refractivity contribution is -0.115. The van der Waals surface area contributed by atoms with Gasteiger partial charge in [0, 0.05) is 5.69 Å². The van der Waals surface area contributed by atoms with E-state index >= 15 is 0 Å². The van der Waals surface area contributed by atoms with Gasteiger partial charge >= 0.3 is 5.97 Å². The molecular formula is C15H15NO3S. The fourth-order valence-corrected chi connectivity index (χ4v) is 2.36. The minimum atomic E-state index is -0.358. The Kier molecular flexibility index (Phi) is 4.90. The van der Waals surface area contributed by atoms with Crippen LogP contribution in [0.15, 0.2) is 41.1 Å². The first kappa shape index (κ1) is 14.3. The Bertz CT molecular complexity index is 576. The number of hydrogen-bond acceptors (Lipinski definition) is 4. The molecule has 1 aromatic carbocycles. The molecule has 0 aliphatic rings. The number of amides is 1. The van der Waals surface area contributed by atoms with Crippen LogP contribution in [0.4, 0.5) is 5.69 Å². The van der Waals surface area contributed by atoms with Gasteiger partial charge in [0.2, 0.25) is 5.91 Å². The van der Waals surface area contributed by atoms with Gasteiger partial charge in [-0.1, -0.05) is 0 Å². The van der Waals surface area contributed by atoms with Gasteiger partial charge in [-0.3, -0.25) is 4.79 Å². The molecule has 1 N–H and O–H groups in total. The first-order chi connectivity index (χ1) is 9.69. The van der Waals surface area contributed by atoms with E-state index in [2.05, 4.69) is 5.32 Å². The Morgan fingerprint density at radius 1 is 1.20 bits per heavy atom. The molecule has 0 saturated carbocycles. The molecule has 20 heavy (non-hydrogen) atoms. The second kappa shape index (κ2) is 6.86. The molecule has 1 heterocycles. The number of carbonyl (C=O) groups is 2. The van der Waals surface area contributed by atoms with Gasteiger partial charge in [0.1, 0.15) is 0 Å². The largest absolute Gasteiger partial charge is 0.462 e. The van der Waals surface area contributed by atoms with Gasteiger partial charge in [-0.15, -0.1) is 0 Å². The molecule has 1 amide bonds. The number of ether oxygens (including phenoxy) is 1. The van der Waals surface area contributed by atoms with Crippen molar-refractivity contribution in [3.63, 3.8) is 0 Å². The normalized spacial score (nSPS) is 10.1. The highest BCUT2D eigenvalue weighted by atomic mass is 32.1. The van der Waals surface area contributed by atoms with Gasteiger partial charge in [-0.25, -0.2) is 4.79 Å². The van der Waals surface area contributed by atoms with Gasteiger partial charge in [0.05, 0.1) is 18.6 Å². The second-order valence-electron chi connectivity index (χ2n) is 4.15. The third-order valence-electron chi connectivity index (χ3n) is 2.62. The number of benzene rings is 1. The lowest BCUT2D eigenvalue weighted by atomic mass is 10.2. The van der Waals surface area contributed by atoms with Crippen LogP contribution in [0, 0.1) is 0 Å². The maximum atomic E-state index is 11.8. The van der Waals surface area contributed by atoms with Gasteiger partial charge < -0.3 is 10.1 Å². The molecule has 2 rings (SSSR count). The highest BCUT2D eigenvalue weighted by molar-refractivity contribution is 7.08. The van der Waals surface area contributed by atoms with E-state index < -0.39 is 0 Å². The molecular weight excluding hydrogens is 274 g/mol. The molecule has 0 aliphatic heterocycles. The Morgan fingerprint density at radius 3 is 2.55 bits per heavy atom. The zero-order valence-corrected chi connectivity index (χ0v) is 11.9. The van der Waals surface area contributed by atoms with Crippen LogP contribution in [0.5, 0.6) is 0 Å². The summed E-state index contributed by atoms with van der Waals surface area (Å²) in [7, 11) is 0. The zero-order valence-electron chi connectivity index (χ0n) is 11.1. The van der Waals surface area contributed by atoms with E-state index in [4.69, 9.17) is 4.74 Å². The predicted octanol–water partition coefficient (Wildman–Crippen LogP) is 3.11. The topological polar surface area (TPSA) is 55.4 Å². The van der Waals surface area contributed by atoms with Crippen molar-refractivity contribution in [2.75, 3.05) is 11.9 Å². The van der Waals surface area contributed by atoms with E-state index in [-0.39, 0.29) is 11.9 Å². The third-order valence-corrected chi connectivity index (χ3v) is 3.36. The van der Waals surface area contributed by atoms with Crippen LogP contribution < -0.4 is 5.32 Å². The van der Waals surface area contributed by atoms with Gasteiger partial charge in [0.15, 0.2) is 0 Å². The van der Waals surface area contributed by atoms with Crippen LogP contribution in [0.1, 0.15) is 22.8 Å². The van der Waals surface area contributed by atoms with E-state index in [9.17, 15) is 9.59 Å². The molecule has 0 spiro atoms. The van der Waals surface area contributed by atoms with Crippen molar-refractivity contribution < 1.29 is 14.3 Å². The van der Waals surface area contributed by atoms with Gasteiger partial charge in [0.25, 0.3) is 0 Å². The predicted molar refractivity (Wildman–Crippen MR) is 79.1 cm³/mol. The van der Waals surface area contributed by atoms with Crippen molar-refractivity contribution in [1.29, 1.82) is 0 Å². The molecule has 0 bridgehead atoms. The molecule has 4 nitrogen and oxygen atoms in total. The maximum absolute atomic E-state index is 11.8. The molecule has 0 radical (unpaired) electrons. The van der Waals surface area contributed by atoms with Crippen molar-refractivity contribution in [3.05, 3.63) is 52.2 Å². The molecule has 0 fully saturated rings. The first-order valence-electron chi connectivity index (χ1n) is 6.27. The number of anilines is 1. The Morgan fingerprint density at radius 2 is 1.95 bits per heavy atom. The summed E-state index contributed by atoms with van der Waals surface area (Å²) in [5, 5.41) is 6.68. The summed E-state index contributed by atoms with van der Waals surface area (Å²) >= 11 is 1.57. The van der Waals surface area contributed by atoms with E-state index in [1.165, 1.54) is 0 Å². The van der Waals surface area contributed by atoms with Crippen molar-refractivity contribution in [2.45, 2.75) is 13.3 Å². The molecule has 0 saturated heterocycles. The van der Waals surface area contributed by atoms with E-state index in [0.717, 1.165) is 5.56 Å². The lowest BCUT2D eigenvalue weighted by Crippen LogP contribution is -2.14. The van der Waals surface area contributed by atoms with Gasteiger partial charge in [-0.2, -0.15) is 11.3 Å². The van der Waals surface area contributed by atoms with Crippen LogP contribution in [0.2, 0.25) is 0 Å². The summed E-state index contributed by atoms with van der Waals surface area (Å²) in [6.07, 6.45) is 0.350. The Hall–Kier alpha value is -2.14. The van der Waals surface area contributed by atoms with Crippen molar-refractivity contribution in [2.24, 2.45) is 0 Å². The quantitative estimate of drug-likeness (QED) is 0.860. The summed E-state index contributed by atoms with van der Waals surface area (Å²) in [6.45, 7) is 2.11.